The van der Waals surface area contributed by atoms with E-state index in [2.05, 4.69) is 57.0 Å². The molecule has 2 atom stereocenters. The van der Waals surface area contributed by atoms with Gasteiger partial charge in [0, 0.05) is 26.2 Å². The highest BCUT2D eigenvalue weighted by Crippen LogP contribution is 2.39. The predicted octanol–water partition coefficient (Wildman–Crippen LogP) is 2.92. The quantitative estimate of drug-likeness (QED) is 0.706. The zero-order chi connectivity index (χ0) is 15.9. The van der Waals surface area contributed by atoms with E-state index in [0.29, 0.717) is 5.41 Å². The minimum atomic E-state index is 0.494. The highest BCUT2D eigenvalue weighted by molar-refractivity contribution is 4.89. The Hall–Kier alpha value is -0.120. The monoisotopic (exact) mass is 297 g/mol. The summed E-state index contributed by atoms with van der Waals surface area (Å²) < 4.78 is 0. The summed E-state index contributed by atoms with van der Waals surface area (Å²) in [6, 6.07) is 0. The van der Waals surface area contributed by atoms with Crippen LogP contribution in [-0.4, -0.2) is 63.7 Å². The minimum Gasteiger partial charge on any atom is -0.316 e. The average Bonchev–Trinajstić information content (AvgIpc) is 2.35. The molecule has 0 aromatic heterocycles. The molecular formula is C18H39N3. The number of nitrogens with zero attached hydrogens (tertiary/aromatic N) is 2. The van der Waals surface area contributed by atoms with Gasteiger partial charge in [-0.25, -0.2) is 0 Å². The second-order valence-electron chi connectivity index (χ2n) is 8.27. The van der Waals surface area contributed by atoms with E-state index < -0.39 is 0 Å². The molecule has 21 heavy (non-hydrogen) atoms. The normalized spacial score (nSPS) is 27.0. The summed E-state index contributed by atoms with van der Waals surface area (Å²) in [6.45, 7) is 13.0. The van der Waals surface area contributed by atoms with E-state index >= 15 is 0 Å². The molecule has 0 aromatic carbocycles. The Morgan fingerprint density at radius 2 is 1.90 bits per heavy atom. The van der Waals surface area contributed by atoms with Crippen molar-refractivity contribution in [3.63, 3.8) is 0 Å². The number of nitrogens with one attached hydrogen (secondary N) is 1. The standard InChI is InChI=1S/C18H39N3/c1-16(2)13-19-14-18(9-7-8-17(3)12-18)15-21(6)11-10-20(4)5/h16-17,19H,7-15H2,1-6H3. The SMILES string of the molecule is CC(C)CNCC1(CN(C)CCN(C)C)CCCC(C)C1. The fourth-order valence-corrected chi connectivity index (χ4v) is 3.78. The lowest BCUT2D eigenvalue weighted by atomic mass is 9.69. The summed E-state index contributed by atoms with van der Waals surface area (Å²) in [4.78, 5) is 4.83. The van der Waals surface area contributed by atoms with Crippen LogP contribution in [-0.2, 0) is 0 Å². The van der Waals surface area contributed by atoms with Gasteiger partial charge >= 0.3 is 0 Å². The number of hydrogen-bond acceptors (Lipinski definition) is 3. The van der Waals surface area contributed by atoms with Crippen molar-refractivity contribution in [2.45, 2.75) is 46.5 Å². The fourth-order valence-electron chi connectivity index (χ4n) is 3.78. The number of hydrogen-bond donors (Lipinski definition) is 1. The molecule has 1 aliphatic rings. The number of likely N-dealkylation sites (N-methyl/N-ethyl adjacent to an activating group) is 2. The highest BCUT2D eigenvalue weighted by Gasteiger charge is 2.35. The third-order valence-corrected chi connectivity index (χ3v) is 4.77. The van der Waals surface area contributed by atoms with Gasteiger partial charge in [-0.3, -0.25) is 0 Å². The second-order valence-corrected chi connectivity index (χ2v) is 8.27. The van der Waals surface area contributed by atoms with Gasteiger partial charge in [0.1, 0.15) is 0 Å². The zero-order valence-electron chi connectivity index (χ0n) is 15.4. The molecule has 0 amide bonds. The van der Waals surface area contributed by atoms with E-state index in [1.165, 1.54) is 45.3 Å². The van der Waals surface area contributed by atoms with Gasteiger partial charge in [0.2, 0.25) is 0 Å². The first-order valence-corrected chi connectivity index (χ1v) is 8.87. The van der Waals surface area contributed by atoms with Gasteiger partial charge in [-0.2, -0.15) is 0 Å². The highest BCUT2D eigenvalue weighted by atomic mass is 15.2. The summed E-state index contributed by atoms with van der Waals surface area (Å²) in [5.41, 5.74) is 0.494. The van der Waals surface area contributed by atoms with Gasteiger partial charge in [0.15, 0.2) is 0 Å². The van der Waals surface area contributed by atoms with Crippen LogP contribution in [0.15, 0.2) is 0 Å². The van der Waals surface area contributed by atoms with Crippen LogP contribution in [0.5, 0.6) is 0 Å². The lowest BCUT2D eigenvalue weighted by molar-refractivity contribution is 0.0882. The third kappa shape index (κ3) is 7.62. The van der Waals surface area contributed by atoms with Gasteiger partial charge in [0.05, 0.1) is 0 Å². The molecule has 1 saturated carbocycles. The van der Waals surface area contributed by atoms with Crippen molar-refractivity contribution in [3.8, 4) is 0 Å². The molecule has 0 bridgehead atoms. The summed E-state index contributed by atoms with van der Waals surface area (Å²) >= 11 is 0. The van der Waals surface area contributed by atoms with E-state index in [-0.39, 0.29) is 0 Å². The zero-order valence-corrected chi connectivity index (χ0v) is 15.4. The van der Waals surface area contributed by atoms with Crippen LogP contribution in [0.1, 0.15) is 46.5 Å². The maximum Gasteiger partial charge on any atom is 0.0106 e. The van der Waals surface area contributed by atoms with E-state index in [0.717, 1.165) is 24.9 Å². The third-order valence-electron chi connectivity index (χ3n) is 4.77. The van der Waals surface area contributed by atoms with Crippen LogP contribution < -0.4 is 5.32 Å². The van der Waals surface area contributed by atoms with Crippen LogP contribution in [0.3, 0.4) is 0 Å². The molecule has 1 fully saturated rings. The van der Waals surface area contributed by atoms with E-state index in [1.807, 2.05) is 0 Å². The van der Waals surface area contributed by atoms with Gasteiger partial charge < -0.3 is 15.1 Å². The largest absolute Gasteiger partial charge is 0.316 e. The van der Waals surface area contributed by atoms with Crippen LogP contribution in [0, 0.1) is 17.3 Å². The first kappa shape index (κ1) is 18.9. The predicted molar refractivity (Wildman–Crippen MR) is 93.8 cm³/mol. The van der Waals surface area contributed by atoms with Crippen LogP contribution in [0.25, 0.3) is 0 Å². The summed E-state index contributed by atoms with van der Waals surface area (Å²) in [5, 5.41) is 3.75. The van der Waals surface area contributed by atoms with Crippen molar-refractivity contribution in [2.24, 2.45) is 17.3 Å². The van der Waals surface area contributed by atoms with Gasteiger partial charge in [0.25, 0.3) is 0 Å². The molecule has 0 saturated heterocycles. The average molecular weight is 298 g/mol. The van der Waals surface area contributed by atoms with Crippen LogP contribution >= 0.6 is 0 Å². The molecule has 1 rings (SSSR count). The molecule has 0 aromatic rings. The van der Waals surface area contributed by atoms with E-state index in [4.69, 9.17) is 0 Å². The van der Waals surface area contributed by atoms with Crippen molar-refractivity contribution < 1.29 is 0 Å². The Morgan fingerprint density at radius 1 is 1.19 bits per heavy atom. The Labute approximate surface area is 133 Å². The molecule has 3 nitrogen and oxygen atoms in total. The lowest BCUT2D eigenvalue weighted by Crippen LogP contribution is -2.47. The lowest BCUT2D eigenvalue weighted by Gasteiger charge is -2.43. The molecular weight excluding hydrogens is 258 g/mol. The van der Waals surface area contributed by atoms with Crippen LogP contribution in [0.4, 0.5) is 0 Å². The summed E-state index contributed by atoms with van der Waals surface area (Å²) in [6.07, 6.45) is 5.62. The molecule has 1 N–H and O–H groups in total. The van der Waals surface area contributed by atoms with Gasteiger partial charge in [-0.15, -0.1) is 0 Å². The van der Waals surface area contributed by atoms with Crippen molar-refractivity contribution in [1.82, 2.24) is 15.1 Å². The minimum absolute atomic E-state index is 0.494. The molecule has 0 heterocycles. The van der Waals surface area contributed by atoms with E-state index in [1.54, 1.807) is 0 Å². The maximum absolute atomic E-state index is 3.75. The van der Waals surface area contributed by atoms with E-state index in [9.17, 15) is 0 Å². The topological polar surface area (TPSA) is 18.5 Å². The van der Waals surface area contributed by atoms with Crippen molar-refractivity contribution in [2.75, 3.05) is 53.9 Å². The molecule has 0 aliphatic heterocycles. The Bertz CT molecular complexity index is 278. The fraction of sp³-hybridized carbons (Fsp3) is 1.00. The van der Waals surface area contributed by atoms with Crippen molar-refractivity contribution in [1.29, 1.82) is 0 Å². The second kappa shape index (κ2) is 9.12. The summed E-state index contributed by atoms with van der Waals surface area (Å²) in [5.74, 6) is 1.64. The van der Waals surface area contributed by atoms with Gasteiger partial charge in [-0.05, 0) is 57.8 Å². The molecule has 3 heteroatoms. The molecule has 0 radical (unpaired) electrons. The Balaban J connectivity index is 2.54. The smallest absolute Gasteiger partial charge is 0.0106 e. The summed E-state index contributed by atoms with van der Waals surface area (Å²) in [7, 11) is 6.62. The van der Waals surface area contributed by atoms with Crippen molar-refractivity contribution in [3.05, 3.63) is 0 Å². The number of rotatable bonds is 9. The Morgan fingerprint density at radius 3 is 2.48 bits per heavy atom. The molecule has 126 valence electrons. The molecule has 1 aliphatic carbocycles. The van der Waals surface area contributed by atoms with Gasteiger partial charge in [-0.1, -0.05) is 33.6 Å². The molecule has 2 unspecified atom stereocenters. The Kier molecular flexibility index (Phi) is 8.22. The van der Waals surface area contributed by atoms with Crippen molar-refractivity contribution >= 4 is 0 Å². The maximum atomic E-state index is 3.75. The van der Waals surface area contributed by atoms with Crippen LogP contribution in [0.2, 0.25) is 0 Å². The first-order valence-electron chi connectivity index (χ1n) is 8.87. The first-order chi connectivity index (χ1) is 9.83. The molecule has 0 spiro atoms.